The maximum Gasteiger partial charge on any atom is 0.144 e. The lowest BCUT2D eigenvalue weighted by atomic mass is 9.88. The lowest BCUT2D eigenvalue weighted by molar-refractivity contribution is 0.202. The van der Waals surface area contributed by atoms with Gasteiger partial charge in [-0.3, -0.25) is 0 Å². The Kier molecular flexibility index (Phi) is 6.31. The molecule has 0 aromatic heterocycles. The van der Waals surface area contributed by atoms with Crippen LogP contribution in [0, 0.1) is 5.41 Å². The molecular weight excluding hydrogens is 254 g/mol. The summed E-state index contributed by atoms with van der Waals surface area (Å²) in [5.41, 5.74) is 7.69. The summed E-state index contributed by atoms with van der Waals surface area (Å²) in [4.78, 5) is 0. The summed E-state index contributed by atoms with van der Waals surface area (Å²) < 4.78 is 5.12. The van der Waals surface area contributed by atoms with Gasteiger partial charge in [-0.05, 0) is 24.5 Å². The fraction of sp³-hybridized carbons (Fsp3) is 0.533. The van der Waals surface area contributed by atoms with Crippen molar-refractivity contribution in [3.05, 3.63) is 29.8 Å². The summed E-state index contributed by atoms with van der Waals surface area (Å²) in [6.45, 7) is 5.38. The Morgan fingerprint density at radius 3 is 2.75 bits per heavy atom. The van der Waals surface area contributed by atoms with Crippen molar-refractivity contribution in [2.24, 2.45) is 16.3 Å². The fourth-order valence-corrected chi connectivity index (χ4v) is 1.90. The highest BCUT2D eigenvalue weighted by Gasteiger charge is 2.22. The molecule has 0 saturated carbocycles. The Morgan fingerprint density at radius 2 is 2.10 bits per heavy atom. The Hall–Kier alpha value is -1.75. The number of para-hydroxylation sites is 1. The van der Waals surface area contributed by atoms with Crippen LogP contribution in [-0.4, -0.2) is 31.3 Å². The maximum absolute atomic E-state index is 8.76. The number of benzene rings is 1. The molecule has 20 heavy (non-hydrogen) atoms. The van der Waals surface area contributed by atoms with Gasteiger partial charge in [0.1, 0.15) is 5.84 Å². The van der Waals surface area contributed by atoms with Crippen molar-refractivity contribution in [2.75, 3.05) is 25.6 Å². The van der Waals surface area contributed by atoms with Crippen LogP contribution in [0.25, 0.3) is 0 Å². The first kappa shape index (κ1) is 16.3. The van der Waals surface area contributed by atoms with Crippen LogP contribution in [0.5, 0.6) is 0 Å². The van der Waals surface area contributed by atoms with E-state index in [4.69, 9.17) is 15.7 Å². The second-order valence-electron chi connectivity index (χ2n) is 5.45. The number of nitrogens with two attached hydrogens (primary N) is 1. The minimum Gasteiger partial charge on any atom is -0.409 e. The Labute approximate surface area is 120 Å². The average Bonchev–Trinajstić information content (AvgIpc) is 2.45. The van der Waals surface area contributed by atoms with Crippen molar-refractivity contribution in [1.82, 2.24) is 0 Å². The quantitative estimate of drug-likeness (QED) is 0.295. The fourth-order valence-electron chi connectivity index (χ4n) is 1.90. The lowest BCUT2D eigenvalue weighted by Gasteiger charge is -2.23. The van der Waals surface area contributed by atoms with Crippen LogP contribution in [0.15, 0.2) is 29.4 Å². The number of oxime groups is 1. The van der Waals surface area contributed by atoms with Crippen LogP contribution in [-0.2, 0) is 11.2 Å². The highest BCUT2D eigenvalue weighted by Crippen LogP contribution is 2.22. The molecule has 1 rings (SSSR count). The molecule has 0 fully saturated rings. The molecule has 5 heteroatoms. The van der Waals surface area contributed by atoms with E-state index in [0.29, 0.717) is 6.61 Å². The van der Waals surface area contributed by atoms with Crippen molar-refractivity contribution < 1.29 is 9.94 Å². The zero-order valence-corrected chi connectivity index (χ0v) is 12.5. The largest absolute Gasteiger partial charge is 0.409 e. The smallest absolute Gasteiger partial charge is 0.144 e. The molecule has 0 spiro atoms. The summed E-state index contributed by atoms with van der Waals surface area (Å²) in [5.74, 6) is 0.256. The normalized spacial score (nSPS) is 12.4. The number of hydrogen-bond acceptors (Lipinski definition) is 4. The van der Waals surface area contributed by atoms with Gasteiger partial charge >= 0.3 is 0 Å². The molecule has 0 amide bonds. The van der Waals surface area contributed by atoms with Gasteiger partial charge in [-0.1, -0.05) is 37.2 Å². The third-order valence-electron chi connectivity index (χ3n) is 3.46. The Morgan fingerprint density at radius 1 is 1.40 bits per heavy atom. The second-order valence-corrected chi connectivity index (χ2v) is 5.45. The summed E-state index contributed by atoms with van der Waals surface area (Å²) in [6, 6.07) is 8.18. The van der Waals surface area contributed by atoms with Crippen molar-refractivity contribution in [2.45, 2.75) is 26.7 Å². The van der Waals surface area contributed by atoms with E-state index in [1.165, 1.54) is 5.56 Å². The van der Waals surface area contributed by atoms with Gasteiger partial charge in [-0.2, -0.15) is 0 Å². The monoisotopic (exact) mass is 279 g/mol. The van der Waals surface area contributed by atoms with E-state index in [2.05, 4.69) is 22.6 Å². The summed E-state index contributed by atoms with van der Waals surface area (Å²) in [7, 11) is 1.70. The van der Waals surface area contributed by atoms with E-state index < -0.39 is 0 Å². The topological polar surface area (TPSA) is 79.9 Å². The molecule has 0 aliphatic rings. The van der Waals surface area contributed by atoms with E-state index in [9.17, 15) is 0 Å². The van der Waals surface area contributed by atoms with Crippen LogP contribution >= 0.6 is 0 Å². The summed E-state index contributed by atoms with van der Waals surface area (Å²) >= 11 is 0. The molecule has 0 aliphatic heterocycles. The maximum atomic E-state index is 8.76. The van der Waals surface area contributed by atoms with Gasteiger partial charge in [-0.25, -0.2) is 0 Å². The average molecular weight is 279 g/mol. The lowest BCUT2D eigenvalue weighted by Crippen LogP contribution is -2.33. The molecule has 0 atom stereocenters. The molecule has 0 saturated heterocycles. The van der Waals surface area contributed by atoms with E-state index >= 15 is 0 Å². The Balaban J connectivity index is 2.58. The Bertz CT molecular complexity index is 444. The molecule has 0 heterocycles. The minimum atomic E-state index is -0.330. The van der Waals surface area contributed by atoms with Gasteiger partial charge in [0.05, 0.1) is 6.61 Å². The molecule has 112 valence electrons. The first-order valence-corrected chi connectivity index (χ1v) is 6.80. The molecule has 0 unspecified atom stereocenters. The van der Waals surface area contributed by atoms with Crippen LogP contribution < -0.4 is 11.1 Å². The highest BCUT2D eigenvalue weighted by molar-refractivity contribution is 5.85. The minimum absolute atomic E-state index is 0.256. The van der Waals surface area contributed by atoms with Gasteiger partial charge in [0.2, 0.25) is 0 Å². The van der Waals surface area contributed by atoms with Gasteiger partial charge < -0.3 is 21.0 Å². The van der Waals surface area contributed by atoms with Crippen LogP contribution in [0.1, 0.15) is 25.8 Å². The SMILES string of the molecule is COCCc1ccccc1NCCC(C)(C)/C(N)=N/O. The molecule has 4 N–H and O–H groups in total. The van der Waals surface area contributed by atoms with E-state index in [1.54, 1.807) is 7.11 Å². The molecule has 0 radical (unpaired) electrons. The molecular formula is C15H25N3O2. The van der Waals surface area contributed by atoms with Crippen LogP contribution in [0.2, 0.25) is 0 Å². The molecule has 5 nitrogen and oxygen atoms in total. The number of methoxy groups -OCH3 is 1. The van der Waals surface area contributed by atoms with Gasteiger partial charge in [0.15, 0.2) is 0 Å². The predicted octanol–water partition coefficient (Wildman–Crippen LogP) is 2.45. The number of nitrogens with one attached hydrogen (secondary N) is 1. The first-order chi connectivity index (χ1) is 9.51. The molecule has 0 bridgehead atoms. The summed E-state index contributed by atoms with van der Waals surface area (Å²) in [6.07, 6.45) is 1.66. The van der Waals surface area contributed by atoms with E-state index in [1.807, 2.05) is 26.0 Å². The highest BCUT2D eigenvalue weighted by atomic mass is 16.5. The molecule has 0 aliphatic carbocycles. The second kappa shape index (κ2) is 7.75. The van der Waals surface area contributed by atoms with Crippen LogP contribution in [0.3, 0.4) is 0 Å². The van der Waals surface area contributed by atoms with Gasteiger partial charge in [0, 0.05) is 24.8 Å². The van der Waals surface area contributed by atoms with Crippen molar-refractivity contribution in [3.63, 3.8) is 0 Å². The standard InChI is InChI=1S/C15H25N3O2/c1-15(2,14(16)18-19)9-10-17-13-7-5-4-6-12(13)8-11-20-3/h4-7,17,19H,8-11H2,1-3H3,(H2,16,18). The van der Waals surface area contributed by atoms with Crippen molar-refractivity contribution in [3.8, 4) is 0 Å². The predicted molar refractivity (Wildman–Crippen MR) is 82.3 cm³/mol. The third kappa shape index (κ3) is 4.74. The number of anilines is 1. The number of hydrogen-bond donors (Lipinski definition) is 3. The van der Waals surface area contributed by atoms with E-state index in [0.717, 1.165) is 25.1 Å². The van der Waals surface area contributed by atoms with Crippen molar-refractivity contribution >= 4 is 11.5 Å². The number of rotatable bonds is 8. The van der Waals surface area contributed by atoms with E-state index in [-0.39, 0.29) is 11.3 Å². The van der Waals surface area contributed by atoms with Gasteiger partial charge in [-0.15, -0.1) is 0 Å². The first-order valence-electron chi connectivity index (χ1n) is 6.80. The summed E-state index contributed by atoms with van der Waals surface area (Å²) in [5, 5.41) is 15.3. The number of ether oxygens (including phenoxy) is 1. The number of amidine groups is 1. The zero-order chi connectivity index (χ0) is 15.0. The van der Waals surface area contributed by atoms with Crippen molar-refractivity contribution in [1.29, 1.82) is 0 Å². The third-order valence-corrected chi connectivity index (χ3v) is 3.46. The zero-order valence-electron chi connectivity index (χ0n) is 12.5. The number of nitrogens with zero attached hydrogens (tertiary/aromatic N) is 1. The molecule has 1 aromatic rings. The molecule has 1 aromatic carbocycles. The van der Waals surface area contributed by atoms with Crippen LogP contribution in [0.4, 0.5) is 5.69 Å². The van der Waals surface area contributed by atoms with Gasteiger partial charge in [0.25, 0.3) is 0 Å².